The standard InChI is InChI=1S/C16H20N4/c1-11-16(14(9-17-2)18-20(11)4)13-10-19(3)15-8-6-5-7-12(13)15/h5-8,10,17H,9H2,1-4H3. The Bertz CT molecular complexity index is 764. The normalized spacial score (nSPS) is 11.4. The summed E-state index contributed by atoms with van der Waals surface area (Å²) in [7, 11) is 6.05. The summed E-state index contributed by atoms with van der Waals surface area (Å²) >= 11 is 0. The van der Waals surface area contributed by atoms with Gasteiger partial charge in [-0.25, -0.2) is 0 Å². The zero-order valence-electron chi connectivity index (χ0n) is 12.4. The Morgan fingerprint density at radius 2 is 1.95 bits per heavy atom. The molecule has 0 radical (unpaired) electrons. The van der Waals surface area contributed by atoms with Crippen molar-refractivity contribution in [3.8, 4) is 11.1 Å². The molecule has 1 aromatic carbocycles. The van der Waals surface area contributed by atoms with Gasteiger partial charge in [0.05, 0.1) is 5.69 Å². The van der Waals surface area contributed by atoms with Crippen molar-refractivity contribution < 1.29 is 0 Å². The summed E-state index contributed by atoms with van der Waals surface area (Å²) in [5, 5.41) is 9.13. The highest BCUT2D eigenvalue weighted by Crippen LogP contribution is 2.34. The molecule has 0 saturated heterocycles. The number of aromatic nitrogens is 3. The molecule has 4 heteroatoms. The van der Waals surface area contributed by atoms with Gasteiger partial charge in [-0.2, -0.15) is 5.10 Å². The predicted molar refractivity (Wildman–Crippen MR) is 82.6 cm³/mol. The maximum atomic E-state index is 4.64. The van der Waals surface area contributed by atoms with Crippen LogP contribution >= 0.6 is 0 Å². The molecule has 104 valence electrons. The second-order valence-electron chi connectivity index (χ2n) is 5.23. The molecular weight excluding hydrogens is 248 g/mol. The van der Waals surface area contributed by atoms with Crippen molar-refractivity contribution in [2.45, 2.75) is 13.5 Å². The number of hydrogen-bond acceptors (Lipinski definition) is 2. The van der Waals surface area contributed by atoms with E-state index in [4.69, 9.17) is 0 Å². The van der Waals surface area contributed by atoms with Crippen LogP contribution in [0.2, 0.25) is 0 Å². The molecule has 0 bridgehead atoms. The third-order valence-electron chi connectivity index (χ3n) is 3.92. The number of hydrogen-bond donors (Lipinski definition) is 1. The van der Waals surface area contributed by atoms with Gasteiger partial charge in [0.25, 0.3) is 0 Å². The van der Waals surface area contributed by atoms with Crippen LogP contribution < -0.4 is 5.32 Å². The number of fused-ring (bicyclic) bond motifs is 1. The fourth-order valence-electron chi connectivity index (χ4n) is 2.86. The second-order valence-corrected chi connectivity index (χ2v) is 5.23. The van der Waals surface area contributed by atoms with E-state index in [9.17, 15) is 0 Å². The molecule has 2 heterocycles. The SMILES string of the molecule is CNCc1nn(C)c(C)c1-c1cn(C)c2ccccc12. The van der Waals surface area contributed by atoms with Crippen molar-refractivity contribution in [3.05, 3.63) is 41.9 Å². The largest absolute Gasteiger partial charge is 0.350 e. The molecule has 0 unspecified atom stereocenters. The van der Waals surface area contributed by atoms with Crippen molar-refractivity contribution in [2.24, 2.45) is 14.1 Å². The van der Waals surface area contributed by atoms with E-state index in [-0.39, 0.29) is 0 Å². The first kappa shape index (κ1) is 12.9. The van der Waals surface area contributed by atoms with Crippen LogP contribution in [0.15, 0.2) is 30.5 Å². The molecule has 0 saturated carbocycles. The molecule has 4 nitrogen and oxygen atoms in total. The van der Waals surface area contributed by atoms with Crippen LogP contribution in [-0.2, 0) is 20.6 Å². The molecule has 0 aliphatic heterocycles. The molecule has 0 fully saturated rings. The first-order valence-electron chi connectivity index (χ1n) is 6.85. The summed E-state index contributed by atoms with van der Waals surface area (Å²) < 4.78 is 4.14. The van der Waals surface area contributed by atoms with Gasteiger partial charge in [0.2, 0.25) is 0 Å². The van der Waals surface area contributed by atoms with E-state index in [1.807, 2.05) is 18.8 Å². The molecule has 0 aliphatic carbocycles. The lowest BCUT2D eigenvalue weighted by Gasteiger charge is -2.02. The molecule has 0 spiro atoms. The first-order valence-corrected chi connectivity index (χ1v) is 6.85. The van der Waals surface area contributed by atoms with E-state index in [0.29, 0.717) is 0 Å². The van der Waals surface area contributed by atoms with Gasteiger partial charge in [-0.05, 0) is 20.0 Å². The van der Waals surface area contributed by atoms with Gasteiger partial charge in [-0.3, -0.25) is 4.68 Å². The van der Waals surface area contributed by atoms with Gasteiger partial charge in [-0.15, -0.1) is 0 Å². The number of aryl methyl sites for hydroxylation is 2. The number of nitrogens with one attached hydrogen (secondary N) is 1. The Hall–Kier alpha value is -2.07. The van der Waals surface area contributed by atoms with E-state index < -0.39 is 0 Å². The van der Waals surface area contributed by atoms with Gasteiger partial charge in [0.15, 0.2) is 0 Å². The monoisotopic (exact) mass is 268 g/mol. The first-order chi connectivity index (χ1) is 9.63. The minimum atomic E-state index is 0.778. The molecule has 3 rings (SSSR count). The van der Waals surface area contributed by atoms with Gasteiger partial charge in [0, 0.05) is 54.6 Å². The van der Waals surface area contributed by atoms with Gasteiger partial charge in [-0.1, -0.05) is 18.2 Å². The molecule has 0 aliphatic rings. The van der Waals surface area contributed by atoms with E-state index >= 15 is 0 Å². The van der Waals surface area contributed by atoms with Crippen LogP contribution in [0.1, 0.15) is 11.4 Å². The highest BCUT2D eigenvalue weighted by atomic mass is 15.3. The molecular formula is C16H20N4. The quantitative estimate of drug-likeness (QED) is 0.792. The van der Waals surface area contributed by atoms with E-state index in [1.165, 1.54) is 27.7 Å². The fraction of sp³-hybridized carbons (Fsp3) is 0.312. The average molecular weight is 268 g/mol. The summed E-state index contributed by atoms with van der Waals surface area (Å²) in [6, 6.07) is 8.51. The Labute approximate surface area is 119 Å². The van der Waals surface area contributed by atoms with E-state index in [0.717, 1.165) is 12.2 Å². The maximum Gasteiger partial charge on any atom is 0.0844 e. The lowest BCUT2D eigenvalue weighted by atomic mass is 10.0. The van der Waals surface area contributed by atoms with Crippen molar-refractivity contribution in [1.82, 2.24) is 19.7 Å². The van der Waals surface area contributed by atoms with E-state index in [2.05, 4.69) is 59.4 Å². The van der Waals surface area contributed by atoms with Crippen molar-refractivity contribution in [3.63, 3.8) is 0 Å². The van der Waals surface area contributed by atoms with Crippen molar-refractivity contribution in [1.29, 1.82) is 0 Å². The third-order valence-corrected chi connectivity index (χ3v) is 3.92. The minimum absolute atomic E-state index is 0.778. The minimum Gasteiger partial charge on any atom is -0.350 e. The summed E-state index contributed by atoms with van der Waals surface area (Å²) in [4.78, 5) is 0. The van der Waals surface area contributed by atoms with Gasteiger partial charge >= 0.3 is 0 Å². The van der Waals surface area contributed by atoms with Crippen LogP contribution in [0.25, 0.3) is 22.0 Å². The third kappa shape index (κ3) is 1.84. The summed E-state index contributed by atoms with van der Waals surface area (Å²) in [6.07, 6.45) is 2.20. The Morgan fingerprint density at radius 1 is 1.20 bits per heavy atom. The number of para-hydroxylation sites is 1. The van der Waals surface area contributed by atoms with Crippen molar-refractivity contribution in [2.75, 3.05) is 7.05 Å². The molecule has 3 aromatic rings. The van der Waals surface area contributed by atoms with Crippen LogP contribution in [0, 0.1) is 6.92 Å². The topological polar surface area (TPSA) is 34.8 Å². The Kier molecular flexibility index (Phi) is 3.10. The van der Waals surface area contributed by atoms with Crippen LogP contribution in [0.5, 0.6) is 0 Å². The molecule has 20 heavy (non-hydrogen) atoms. The summed E-state index contributed by atoms with van der Waals surface area (Å²) in [6.45, 7) is 2.91. The highest BCUT2D eigenvalue weighted by Gasteiger charge is 2.18. The van der Waals surface area contributed by atoms with Crippen molar-refractivity contribution >= 4 is 10.9 Å². The highest BCUT2D eigenvalue weighted by molar-refractivity contribution is 5.97. The molecule has 1 N–H and O–H groups in total. The zero-order valence-corrected chi connectivity index (χ0v) is 12.4. The zero-order chi connectivity index (χ0) is 14.3. The van der Waals surface area contributed by atoms with Crippen LogP contribution in [-0.4, -0.2) is 21.4 Å². The number of nitrogens with zero attached hydrogens (tertiary/aromatic N) is 3. The number of benzene rings is 1. The van der Waals surface area contributed by atoms with E-state index in [1.54, 1.807) is 0 Å². The molecule has 0 amide bonds. The van der Waals surface area contributed by atoms with Gasteiger partial charge in [0.1, 0.15) is 0 Å². The second kappa shape index (κ2) is 4.80. The Morgan fingerprint density at radius 3 is 2.70 bits per heavy atom. The average Bonchev–Trinajstić information content (AvgIpc) is 2.90. The lowest BCUT2D eigenvalue weighted by molar-refractivity contribution is 0.698. The molecule has 2 aromatic heterocycles. The Balaban J connectivity index is 2.31. The smallest absolute Gasteiger partial charge is 0.0844 e. The molecule has 0 atom stereocenters. The van der Waals surface area contributed by atoms with Crippen LogP contribution in [0.4, 0.5) is 0 Å². The summed E-state index contributed by atoms with van der Waals surface area (Å²) in [5.74, 6) is 0. The summed E-state index contributed by atoms with van der Waals surface area (Å²) in [5.41, 5.74) is 6.06. The lowest BCUT2D eigenvalue weighted by Crippen LogP contribution is -2.07. The van der Waals surface area contributed by atoms with Gasteiger partial charge < -0.3 is 9.88 Å². The van der Waals surface area contributed by atoms with Crippen LogP contribution in [0.3, 0.4) is 0 Å². The predicted octanol–water partition coefficient (Wildman–Crippen LogP) is 2.61. The number of rotatable bonds is 3. The maximum absolute atomic E-state index is 4.64. The fourth-order valence-corrected chi connectivity index (χ4v) is 2.86.